The van der Waals surface area contributed by atoms with Crippen LogP contribution in [0.4, 0.5) is 4.39 Å². The summed E-state index contributed by atoms with van der Waals surface area (Å²) in [6.07, 6.45) is 1.68. The summed E-state index contributed by atoms with van der Waals surface area (Å²) in [7, 11) is -1.67. The number of hydrogen-bond acceptors (Lipinski definition) is 3. The molecule has 7 heteroatoms. The Morgan fingerprint density at radius 3 is 2.43 bits per heavy atom. The van der Waals surface area contributed by atoms with Gasteiger partial charge in [0.15, 0.2) is 0 Å². The van der Waals surface area contributed by atoms with Crippen LogP contribution < -0.4 is 5.32 Å². The molecule has 1 heterocycles. The summed E-state index contributed by atoms with van der Waals surface area (Å²) in [5.41, 5.74) is 0.619. The van der Waals surface area contributed by atoms with Gasteiger partial charge in [-0.15, -0.1) is 12.4 Å². The molecule has 1 aliphatic rings. The number of sulfonamides is 1. The average molecular weight is 337 g/mol. The number of nitrogens with zero attached hydrogens (tertiary/aromatic N) is 1. The minimum absolute atomic E-state index is 0. The van der Waals surface area contributed by atoms with E-state index in [0.717, 1.165) is 25.5 Å². The molecule has 0 aromatic heterocycles. The Morgan fingerprint density at radius 2 is 1.90 bits per heavy atom. The molecule has 0 saturated carbocycles. The van der Waals surface area contributed by atoms with Crippen molar-refractivity contribution < 1.29 is 12.8 Å². The molecular weight excluding hydrogens is 315 g/mol. The van der Waals surface area contributed by atoms with Crippen molar-refractivity contribution in [1.29, 1.82) is 0 Å². The maximum atomic E-state index is 13.4. The molecule has 2 rings (SSSR count). The lowest BCUT2D eigenvalue weighted by Crippen LogP contribution is -2.40. The van der Waals surface area contributed by atoms with Gasteiger partial charge in [0.05, 0.1) is 4.90 Å². The highest BCUT2D eigenvalue weighted by Crippen LogP contribution is 2.24. The summed E-state index contributed by atoms with van der Waals surface area (Å²) < 4.78 is 39.9. The molecule has 1 aromatic rings. The topological polar surface area (TPSA) is 49.4 Å². The zero-order valence-electron chi connectivity index (χ0n) is 12.3. The fourth-order valence-corrected chi connectivity index (χ4v) is 4.23. The first-order valence-electron chi connectivity index (χ1n) is 6.85. The second kappa shape index (κ2) is 7.54. The van der Waals surface area contributed by atoms with Crippen LogP contribution in [-0.4, -0.2) is 39.4 Å². The maximum absolute atomic E-state index is 13.4. The molecule has 4 nitrogen and oxygen atoms in total. The molecule has 0 radical (unpaired) electrons. The third-order valence-electron chi connectivity index (χ3n) is 3.72. The minimum Gasteiger partial charge on any atom is -0.319 e. The van der Waals surface area contributed by atoms with Gasteiger partial charge in [0.2, 0.25) is 10.0 Å². The van der Waals surface area contributed by atoms with E-state index in [0.29, 0.717) is 24.6 Å². The molecule has 0 aliphatic carbocycles. The van der Waals surface area contributed by atoms with Crippen LogP contribution in [0.3, 0.4) is 0 Å². The third kappa shape index (κ3) is 4.39. The summed E-state index contributed by atoms with van der Waals surface area (Å²) in [4.78, 5) is 0.0575. The molecule has 120 valence electrons. The van der Waals surface area contributed by atoms with E-state index >= 15 is 0 Å². The van der Waals surface area contributed by atoms with Gasteiger partial charge in [-0.05, 0) is 63.0 Å². The molecule has 1 aromatic carbocycles. The zero-order valence-corrected chi connectivity index (χ0v) is 13.9. The number of rotatable bonds is 4. The van der Waals surface area contributed by atoms with Crippen molar-refractivity contribution in [3.05, 3.63) is 29.6 Å². The molecule has 0 amide bonds. The van der Waals surface area contributed by atoms with E-state index in [9.17, 15) is 12.8 Å². The van der Waals surface area contributed by atoms with Crippen molar-refractivity contribution in [3.63, 3.8) is 0 Å². The van der Waals surface area contributed by atoms with Gasteiger partial charge >= 0.3 is 0 Å². The number of aryl methyl sites for hydroxylation is 1. The Labute approximate surface area is 132 Å². The van der Waals surface area contributed by atoms with Gasteiger partial charge in [-0.2, -0.15) is 4.31 Å². The smallest absolute Gasteiger partial charge is 0.243 e. The molecule has 1 aliphatic heterocycles. The highest BCUT2D eigenvalue weighted by atomic mass is 35.5. The first-order valence-corrected chi connectivity index (χ1v) is 8.29. The largest absolute Gasteiger partial charge is 0.319 e. The van der Waals surface area contributed by atoms with E-state index in [1.165, 1.54) is 16.4 Å². The summed E-state index contributed by atoms with van der Waals surface area (Å²) in [6, 6.07) is 3.96. The van der Waals surface area contributed by atoms with Crippen molar-refractivity contribution in [2.24, 2.45) is 5.92 Å². The molecule has 1 N–H and O–H groups in total. The first-order chi connectivity index (χ1) is 9.43. The molecular formula is C14H22ClFN2O2S. The SMILES string of the molecule is CNCC1CCN(S(=O)(=O)c2cc(C)cc(F)c2)CC1.Cl. The Kier molecular flexibility index (Phi) is 6.59. The van der Waals surface area contributed by atoms with Crippen molar-refractivity contribution >= 4 is 22.4 Å². The van der Waals surface area contributed by atoms with Crippen LogP contribution in [0.5, 0.6) is 0 Å². The average Bonchev–Trinajstić information content (AvgIpc) is 2.38. The van der Waals surface area contributed by atoms with Gasteiger partial charge in [0.1, 0.15) is 5.82 Å². The van der Waals surface area contributed by atoms with Crippen molar-refractivity contribution in [1.82, 2.24) is 9.62 Å². The first kappa shape index (κ1) is 18.4. The lowest BCUT2D eigenvalue weighted by molar-refractivity contribution is 0.270. The highest BCUT2D eigenvalue weighted by Gasteiger charge is 2.29. The standard InChI is InChI=1S/C14H21FN2O2S.ClH/c1-11-7-13(15)9-14(8-11)20(18,19)17-5-3-12(4-6-17)10-16-2;/h7-9,12,16H,3-6,10H2,1-2H3;1H. The van der Waals surface area contributed by atoms with E-state index in [4.69, 9.17) is 0 Å². The van der Waals surface area contributed by atoms with Crippen LogP contribution in [-0.2, 0) is 10.0 Å². The van der Waals surface area contributed by atoms with Gasteiger partial charge in [-0.3, -0.25) is 0 Å². The summed E-state index contributed by atoms with van der Waals surface area (Å²) in [5.74, 6) is 0.00865. The van der Waals surface area contributed by atoms with E-state index in [1.807, 2.05) is 7.05 Å². The summed E-state index contributed by atoms with van der Waals surface area (Å²) in [6.45, 7) is 3.61. The van der Waals surface area contributed by atoms with Crippen molar-refractivity contribution in [2.75, 3.05) is 26.7 Å². The predicted molar refractivity (Wildman–Crippen MR) is 83.8 cm³/mol. The number of piperidine rings is 1. The Balaban J connectivity index is 0.00000220. The number of halogens is 2. The van der Waals surface area contributed by atoms with Gasteiger partial charge in [-0.1, -0.05) is 0 Å². The summed E-state index contributed by atoms with van der Waals surface area (Å²) >= 11 is 0. The van der Waals surface area contributed by atoms with Crippen LogP contribution >= 0.6 is 12.4 Å². The maximum Gasteiger partial charge on any atom is 0.243 e. The molecule has 0 atom stereocenters. The van der Waals surface area contributed by atoms with Gasteiger partial charge < -0.3 is 5.32 Å². The van der Waals surface area contributed by atoms with Crippen LogP contribution in [0.1, 0.15) is 18.4 Å². The Morgan fingerprint density at radius 1 is 1.29 bits per heavy atom. The van der Waals surface area contributed by atoms with Crippen LogP contribution in [0.25, 0.3) is 0 Å². The molecule has 0 bridgehead atoms. The minimum atomic E-state index is -3.57. The lowest BCUT2D eigenvalue weighted by atomic mass is 9.98. The molecule has 1 saturated heterocycles. The molecule has 0 unspecified atom stereocenters. The van der Waals surface area contributed by atoms with Crippen LogP contribution in [0.2, 0.25) is 0 Å². The highest BCUT2D eigenvalue weighted by molar-refractivity contribution is 7.89. The van der Waals surface area contributed by atoms with Crippen molar-refractivity contribution in [3.8, 4) is 0 Å². The number of hydrogen-bond donors (Lipinski definition) is 1. The van der Waals surface area contributed by atoms with Gasteiger partial charge in [0.25, 0.3) is 0 Å². The fraction of sp³-hybridized carbons (Fsp3) is 0.571. The second-order valence-electron chi connectivity index (χ2n) is 5.37. The van der Waals surface area contributed by atoms with E-state index in [2.05, 4.69) is 5.32 Å². The fourth-order valence-electron chi connectivity index (χ4n) is 2.64. The Bertz CT molecular complexity index is 552. The van der Waals surface area contributed by atoms with Gasteiger partial charge in [0, 0.05) is 13.1 Å². The molecule has 21 heavy (non-hydrogen) atoms. The predicted octanol–water partition coefficient (Wildman–Crippen LogP) is 2.18. The Hall–Kier alpha value is -0.690. The quantitative estimate of drug-likeness (QED) is 0.916. The third-order valence-corrected chi connectivity index (χ3v) is 5.60. The number of benzene rings is 1. The van der Waals surface area contributed by atoms with E-state index in [1.54, 1.807) is 6.92 Å². The monoisotopic (exact) mass is 336 g/mol. The van der Waals surface area contributed by atoms with E-state index < -0.39 is 15.8 Å². The lowest BCUT2D eigenvalue weighted by Gasteiger charge is -2.31. The molecule has 0 spiro atoms. The van der Waals surface area contributed by atoms with Crippen LogP contribution in [0.15, 0.2) is 23.1 Å². The van der Waals surface area contributed by atoms with Crippen LogP contribution in [0, 0.1) is 18.7 Å². The van der Waals surface area contributed by atoms with Gasteiger partial charge in [-0.25, -0.2) is 12.8 Å². The van der Waals surface area contributed by atoms with E-state index in [-0.39, 0.29) is 17.3 Å². The normalized spacial score (nSPS) is 17.5. The number of nitrogens with one attached hydrogen (secondary N) is 1. The second-order valence-corrected chi connectivity index (χ2v) is 7.31. The van der Waals surface area contributed by atoms with Crippen molar-refractivity contribution in [2.45, 2.75) is 24.7 Å². The zero-order chi connectivity index (χ0) is 14.8. The molecule has 1 fully saturated rings. The summed E-state index contributed by atoms with van der Waals surface area (Å²) in [5, 5.41) is 3.12.